The Labute approximate surface area is 147 Å². The second kappa shape index (κ2) is 6.77. The highest BCUT2D eigenvalue weighted by Gasteiger charge is 2.12. The third kappa shape index (κ3) is 2.99. The lowest BCUT2D eigenvalue weighted by molar-refractivity contribution is 0.353. The van der Waals surface area contributed by atoms with Crippen molar-refractivity contribution < 1.29 is 9.47 Å². The van der Waals surface area contributed by atoms with E-state index in [0.29, 0.717) is 22.9 Å². The number of allylic oxidation sites excluding steroid dienone is 1. The van der Waals surface area contributed by atoms with Crippen LogP contribution in [0.3, 0.4) is 0 Å². The molecule has 1 heterocycles. The molecule has 0 unspecified atom stereocenters. The van der Waals surface area contributed by atoms with Crippen LogP contribution in [0.4, 0.5) is 0 Å². The first-order valence-corrected chi connectivity index (χ1v) is 7.94. The Kier molecular flexibility index (Phi) is 4.54. The standard InChI is InChI=1S/C18H14BrN3O2/c1-23-16-9-11(8-13(19)17(16)24-2)7-12(10-20)18-21-14-5-3-4-6-15(14)22-18/h3-9H,1-2H3,(H,21,22). The summed E-state index contributed by atoms with van der Waals surface area (Å²) < 4.78 is 11.4. The lowest BCUT2D eigenvalue weighted by Gasteiger charge is -2.10. The van der Waals surface area contributed by atoms with E-state index >= 15 is 0 Å². The number of H-pyrrole nitrogens is 1. The number of aromatic nitrogens is 2. The van der Waals surface area contributed by atoms with Gasteiger partial charge >= 0.3 is 0 Å². The van der Waals surface area contributed by atoms with Gasteiger partial charge in [-0.05, 0) is 51.8 Å². The molecule has 0 spiro atoms. The van der Waals surface area contributed by atoms with Crippen LogP contribution in [-0.4, -0.2) is 24.2 Å². The molecule has 3 aromatic rings. The summed E-state index contributed by atoms with van der Waals surface area (Å²) in [4.78, 5) is 7.63. The van der Waals surface area contributed by atoms with Gasteiger partial charge in [-0.3, -0.25) is 0 Å². The number of fused-ring (bicyclic) bond motifs is 1. The van der Waals surface area contributed by atoms with Gasteiger partial charge in [0.25, 0.3) is 0 Å². The zero-order chi connectivity index (χ0) is 17.1. The second-order valence-corrected chi connectivity index (χ2v) is 5.86. The van der Waals surface area contributed by atoms with Crippen molar-refractivity contribution in [2.45, 2.75) is 0 Å². The molecule has 0 saturated heterocycles. The van der Waals surface area contributed by atoms with Crippen molar-refractivity contribution in [2.75, 3.05) is 14.2 Å². The van der Waals surface area contributed by atoms with E-state index < -0.39 is 0 Å². The fourth-order valence-electron chi connectivity index (χ4n) is 2.42. The van der Waals surface area contributed by atoms with E-state index in [4.69, 9.17) is 9.47 Å². The molecule has 6 heteroatoms. The molecule has 2 aromatic carbocycles. The molecule has 1 N–H and O–H groups in total. The first-order valence-electron chi connectivity index (χ1n) is 7.14. The Morgan fingerprint density at radius 2 is 2.04 bits per heavy atom. The molecule has 0 aliphatic carbocycles. The topological polar surface area (TPSA) is 70.9 Å². The summed E-state index contributed by atoms with van der Waals surface area (Å²) in [6.45, 7) is 0. The zero-order valence-electron chi connectivity index (χ0n) is 13.1. The van der Waals surface area contributed by atoms with E-state index in [0.717, 1.165) is 21.1 Å². The van der Waals surface area contributed by atoms with Crippen molar-refractivity contribution in [2.24, 2.45) is 0 Å². The maximum absolute atomic E-state index is 9.52. The summed E-state index contributed by atoms with van der Waals surface area (Å²) >= 11 is 3.45. The predicted molar refractivity (Wildman–Crippen MR) is 96.8 cm³/mol. The van der Waals surface area contributed by atoms with Gasteiger partial charge in [0, 0.05) is 0 Å². The normalized spacial score (nSPS) is 11.3. The lowest BCUT2D eigenvalue weighted by atomic mass is 10.1. The second-order valence-electron chi connectivity index (χ2n) is 5.01. The highest BCUT2D eigenvalue weighted by Crippen LogP contribution is 2.37. The first-order chi connectivity index (χ1) is 11.7. The Morgan fingerprint density at radius 1 is 1.25 bits per heavy atom. The van der Waals surface area contributed by atoms with E-state index in [1.54, 1.807) is 20.3 Å². The van der Waals surface area contributed by atoms with Gasteiger partial charge in [-0.1, -0.05) is 12.1 Å². The SMILES string of the molecule is COc1cc(C=C(C#N)c2nc3ccccc3[nH]2)cc(Br)c1OC. The van der Waals surface area contributed by atoms with Crippen molar-refractivity contribution in [3.8, 4) is 17.6 Å². The molecule has 3 rings (SSSR count). The summed E-state index contributed by atoms with van der Waals surface area (Å²) in [5.74, 6) is 1.72. The molecule has 0 saturated carbocycles. The molecule has 0 atom stereocenters. The van der Waals surface area contributed by atoms with Crippen LogP contribution in [0.1, 0.15) is 11.4 Å². The van der Waals surface area contributed by atoms with Gasteiger partial charge in [0.2, 0.25) is 0 Å². The van der Waals surface area contributed by atoms with Crippen LogP contribution in [0, 0.1) is 11.3 Å². The fraction of sp³-hybridized carbons (Fsp3) is 0.111. The van der Waals surface area contributed by atoms with Crippen molar-refractivity contribution in [1.82, 2.24) is 9.97 Å². The summed E-state index contributed by atoms with van der Waals surface area (Å²) in [6, 6.07) is 13.5. The van der Waals surface area contributed by atoms with Crippen LogP contribution in [-0.2, 0) is 0 Å². The smallest absolute Gasteiger partial charge is 0.174 e. The molecular weight excluding hydrogens is 370 g/mol. The number of para-hydroxylation sites is 2. The molecule has 0 aliphatic rings. The maximum Gasteiger partial charge on any atom is 0.174 e. The molecule has 24 heavy (non-hydrogen) atoms. The van der Waals surface area contributed by atoms with Crippen molar-refractivity contribution in [1.29, 1.82) is 5.26 Å². The maximum atomic E-state index is 9.52. The van der Waals surface area contributed by atoms with Crippen molar-refractivity contribution in [3.05, 3.63) is 52.3 Å². The Balaban J connectivity index is 2.08. The van der Waals surface area contributed by atoms with Gasteiger partial charge in [-0.25, -0.2) is 4.98 Å². The summed E-state index contributed by atoms with van der Waals surface area (Å²) in [7, 11) is 3.15. The lowest BCUT2D eigenvalue weighted by Crippen LogP contribution is -1.93. The molecule has 1 aromatic heterocycles. The highest BCUT2D eigenvalue weighted by molar-refractivity contribution is 9.10. The van der Waals surface area contributed by atoms with Gasteiger partial charge < -0.3 is 14.5 Å². The number of benzene rings is 2. The molecule has 0 aliphatic heterocycles. The van der Waals surface area contributed by atoms with Crippen LogP contribution in [0.2, 0.25) is 0 Å². The van der Waals surface area contributed by atoms with E-state index in [2.05, 4.69) is 32.0 Å². The minimum Gasteiger partial charge on any atom is -0.493 e. The monoisotopic (exact) mass is 383 g/mol. The summed E-state index contributed by atoms with van der Waals surface area (Å²) in [5.41, 5.74) is 2.95. The number of rotatable bonds is 4. The number of ether oxygens (including phenoxy) is 2. The molecular formula is C18H14BrN3O2. The van der Waals surface area contributed by atoms with Crippen LogP contribution in [0.25, 0.3) is 22.7 Å². The zero-order valence-corrected chi connectivity index (χ0v) is 14.7. The summed E-state index contributed by atoms with van der Waals surface area (Å²) in [6.07, 6.45) is 1.75. The van der Waals surface area contributed by atoms with Crippen LogP contribution < -0.4 is 9.47 Å². The average Bonchev–Trinajstić information content (AvgIpc) is 3.02. The van der Waals surface area contributed by atoms with E-state index in [1.807, 2.05) is 36.4 Å². The van der Waals surface area contributed by atoms with Gasteiger partial charge in [-0.2, -0.15) is 5.26 Å². The number of nitriles is 1. The Bertz CT molecular complexity index is 937. The Morgan fingerprint density at radius 3 is 2.71 bits per heavy atom. The van der Waals surface area contributed by atoms with Crippen molar-refractivity contribution >= 4 is 38.6 Å². The van der Waals surface area contributed by atoms with E-state index in [9.17, 15) is 5.26 Å². The number of nitrogens with zero attached hydrogens (tertiary/aromatic N) is 2. The molecule has 0 amide bonds. The highest BCUT2D eigenvalue weighted by atomic mass is 79.9. The Hall–Kier alpha value is -2.78. The van der Waals surface area contributed by atoms with Gasteiger partial charge in [0.1, 0.15) is 11.9 Å². The van der Waals surface area contributed by atoms with Gasteiger partial charge in [0.05, 0.1) is 35.3 Å². The average molecular weight is 384 g/mol. The third-order valence-electron chi connectivity index (χ3n) is 3.53. The van der Waals surface area contributed by atoms with Gasteiger partial charge in [-0.15, -0.1) is 0 Å². The fourth-order valence-corrected chi connectivity index (χ4v) is 3.04. The molecule has 5 nitrogen and oxygen atoms in total. The third-order valence-corrected chi connectivity index (χ3v) is 4.12. The van der Waals surface area contributed by atoms with Crippen LogP contribution >= 0.6 is 15.9 Å². The molecule has 0 bridgehead atoms. The van der Waals surface area contributed by atoms with E-state index in [1.165, 1.54) is 0 Å². The first kappa shape index (κ1) is 16.1. The minimum atomic E-state index is 0.435. The van der Waals surface area contributed by atoms with Crippen LogP contribution in [0.5, 0.6) is 11.5 Å². The minimum absolute atomic E-state index is 0.435. The number of nitrogens with one attached hydrogen (secondary N) is 1. The van der Waals surface area contributed by atoms with Crippen LogP contribution in [0.15, 0.2) is 40.9 Å². The quantitative estimate of drug-likeness (QED) is 0.677. The largest absolute Gasteiger partial charge is 0.493 e. The number of imidazole rings is 1. The molecule has 0 fully saturated rings. The molecule has 120 valence electrons. The number of hydrogen-bond donors (Lipinski definition) is 1. The number of hydrogen-bond acceptors (Lipinski definition) is 4. The summed E-state index contributed by atoms with van der Waals surface area (Å²) in [5, 5.41) is 9.52. The van der Waals surface area contributed by atoms with E-state index in [-0.39, 0.29) is 0 Å². The number of methoxy groups -OCH3 is 2. The predicted octanol–water partition coefficient (Wildman–Crippen LogP) is 4.41. The van der Waals surface area contributed by atoms with Gasteiger partial charge in [0.15, 0.2) is 11.5 Å². The molecule has 0 radical (unpaired) electrons. The number of halogens is 1. The van der Waals surface area contributed by atoms with Crippen molar-refractivity contribution in [3.63, 3.8) is 0 Å². The number of aromatic amines is 1.